The maximum absolute atomic E-state index is 14.5. The van der Waals surface area contributed by atoms with Gasteiger partial charge in [0.05, 0.1) is 17.5 Å². The third kappa shape index (κ3) is 4.27. The Morgan fingerprint density at radius 2 is 1.97 bits per heavy atom. The van der Waals surface area contributed by atoms with Crippen LogP contribution in [0.3, 0.4) is 0 Å². The van der Waals surface area contributed by atoms with E-state index in [-0.39, 0.29) is 16.9 Å². The van der Waals surface area contributed by atoms with Crippen LogP contribution in [0, 0.1) is 28.3 Å². The summed E-state index contributed by atoms with van der Waals surface area (Å²) in [7, 11) is 0. The van der Waals surface area contributed by atoms with Gasteiger partial charge in [-0.1, -0.05) is 12.1 Å². The summed E-state index contributed by atoms with van der Waals surface area (Å²) in [5, 5.41) is 17.3. The fourth-order valence-electron chi connectivity index (χ4n) is 2.79. The number of rotatable bonds is 5. The number of nitro groups is 1. The Balaban J connectivity index is 1.94. The van der Waals surface area contributed by atoms with Gasteiger partial charge in [-0.3, -0.25) is 19.7 Å². The second-order valence-electron chi connectivity index (χ2n) is 6.35. The number of nitrogens with zero attached hydrogens (tertiary/aromatic N) is 4. The van der Waals surface area contributed by atoms with Crippen LogP contribution in [0.2, 0.25) is 0 Å². The van der Waals surface area contributed by atoms with E-state index in [2.05, 4.69) is 15.3 Å². The first-order valence-electron chi connectivity index (χ1n) is 8.74. The van der Waals surface area contributed by atoms with E-state index in [1.54, 1.807) is 0 Å². The van der Waals surface area contributed by atoms with Crippen molar-refractivity contribution in [1.29, 1.82) is 0 Å². The van der Waals surface area contributed by atoms with Crippen LogP contribution >= 0.6 is 0 Å². The molecule has 1 atom stereocenters. The highest BCUT2D eigenvalue weighted by Gasteiger charge is 2.23. The number of carbonyl (C=O) groups excluding carboxylic acids is 1. The molecule has 0 fully saturated rings. The van der Waals surface area contributed by atoms with Crippen LogP contribution in [-0.4, -0.2) is 20.6 Å². The van der Waals surface area contributed by atoms with Crippen molar-refractivity contribution < 1.29 is 18.5 Å². The Bertz CT molecular complexity index is 1300. The molecule has 0 radical (unpaired) electrons. The van der Waals surface area contributed by atoms with Crippen molar-refractivity contribution >= 4 is 17.3 Å². The molecule has 31 heavy (non-hydrogen) atoms. The molecule has 1 heterocycles. The molecule has 1 aromatic heterocycles. The lowest BCUT2D eigenvalue weighted by molar-refractivity contribution is -0.384. The van der Waals surface area contributed by atoms with Crippen molar-refractivity contribution in [2.24, 2.45) is 0 Å². The van der Waals surface area contributed by atoms with Crippen LogP contribution in [0.15, 0.2) is 53.3 Å². The van der Waals surface area contributed by atoms with E-state index >= 15 is 0 Å². The summed E-state index contributed by atoms with van der Waals surface area (Å²) in [5.74, 6) is -2.57. The van der Waals surface area contributed by atoms with E-state index in [0.717, 1.165) is 30.3 Å². The minimum absolute atomic E-state index is 0.165. The summed E-state index contributed by atoms with van der Waals surface area (Å²) < 4.78 is 29.2. The fourth-order valence-corrected chi connectivity index (χ4v) is 2.79. The lowest BCUT2D eigenvalue weighted by Gasteiger charge is -2.16. The van der Waals surface area contributed by atoms with Crippen molar-refractivity contribution in [3.63, 3.8) is 0 Å². The molecule has 0 aliphatic rings. The number of nitro benzene ring substituents is 1. The molecule has 0 spiro atoms. The lowest BCUT2D eigenvalue weighted by atomic mass is 10.1. The standard InChI is InChI=1S/C20H13F2N5O4/c1-11(13-9-12(27(30)31)10-16(23-2)19(13)22)24-20(29)15-7-8-18(28)26(25-15)17-6-4-3-5-14(17)21/h3-11H,1H3,(H,24,29)/t11-/m1/s1. The third-order valence-electron chi connectivity index (χ3n) is 4.33. The number of amides is 1. The van der Waals surface area contributed by atoms with Gasteiger partial charge in [0, 0.05) is 23.8 Å². The van der Waals surface area contributed by atoms with Gasteiger partial charge in [-0.25, -0.2) is 13.6 Å². The summed E-state index contributed by atoms with van der Waals surface area (Å²) in [4.78, 5) is 37.9. The molecular weight excluding hydrogens is 412 g/mol. The maximum Gasteiger partial charge on any atom is 0.272 e. The molecule has 0 unspecified atom stereocenters. The minimum atomic E-state index is -1.08. The number of halogens is 2. The molecule has 0 bridgehead atoms. The predicted octanol–water partition coefficient (Wildman–Crippen LogP) is 3.46. The second-order valence-corrected chi connectivity index (χ2v) is 6.35. The van der Waals surface area contributed by atoms with Gasteiger partial charge in [0.1, 0.15) is 23.0 Å². The summed E-state index contributed by atoms with van der Waals surface area (Å²) in [6.45, 7) is 8.34. The minimum Gasteiger partial charge on any atom is -0.344 e. The highest BCUT2D eigenvalue weighted by atomic mass is 19.1. The molecule has 2 aromatic carbocycles. The molecule has 3 rings (SSSR count). The molecule has 1 N–H and O–H groups in total. The third-order valence-corrected chi connectivity index (χ3v) is 4.33. The van der Waals surface area contributed by atoms with E-state index in [0.29, 0.717) is 4.68 Å². The number of hydrogen-bond acceptors (Lipinski definition) is 5. The molecule has 3 aromatic rings. The first-order valence-corrected chi connectivity index (χ1v) is 8.74. The summed E-state index contributed by atoms with van der Waals surface area (Å²) in [5.41, 5.74) is -2.45. The van der Waals surface area contributed by atoms with Crippen LogP contribution in [0.5, 0.6) is 0 Å². The monoisotopic (exact) mass is 425 g/mol. The quantitative estimate of drug-likeness (QED) is 0.382. The molecule has 9 nitrogen and oxygen atoms in total. The number of non-ortho nitro benzene ring substituents is 1. The zero-order valence-corrected chi connectivity index (χ0v) is 15.9. The van der Waals surface area contributed by atoms with Crippen LogP contribution in [0.25, 0.3) is 10.5 Å². The molecule has 0 aliphatic heterocycles. The average molecular weight is 425 g/mol. The van der Waals surface area contributed by atoms with E-state index in [9.17, 15) is 28.5 Å². The van der Waals surface area contributed by atoms with Crippen LogP contribution < -0.4 is 10.9 Å². The van der Waals surface area contributed by atoms with Gasteiger partial charge >= 0.3 is 0 Å². The molecule has 0 saturated carbocycles. The molecule has 0 aliphatic carbocycles. The van der Waals surface area contributed by atoms with Crippen molar-refractivity contribution in [3.8, 4) is 5.69 Å². The van der Waals surface area contributed by atoms with Gasteiger partial charge in [0.25, 0.3) is 17.2 Å². The maximum atomic E-state index is 14.5. The Labute approximate surface area is 173 Å². The average Bonchev–Trinajstić information content (AvgIpc) is 2.74. The smallest absolute Gasteiger partial charge is 0.272 e. The van der Waals surface area contributed by atoms with Crippen LogP contribution in [0.4, 0.5) is 20.2 Å². The van der Waals surface area contributed by atoms with Gasteiger partial charge in [0.2, 0.25) is 5.69 Å². The first kappa shape index (κ1) is 21.3. The molecule has 1 amide bonds. The zero-order valence-electron chi connectivity index (χ0n) is 15.9. The largest absolute Gasteiger partial charge is 0.344 e. The molecular formula is C20H13F2N5O4. The second kappa shape index (κ2) is 8.50. The predicted molar refractivity (Wildman–Crippen MR) is 105 cm³/mol. The Morgan fingerprint density at radius 3 is 2.61 bits per heavy atom. The van der Waals surface area contributed by atoms with Crippen LogP contribution in [-0.2, 0) is 0 Å². The number of aromatic nitrogens is 2. The highest BCUT2D eigenvalue weighted by molar-refractivity contribution is 5.92. The van der Waals surface area contributed by atoms with Gasteiger partial charge in [-0.2, -0.15) is 9.78 Å². The number of carbonyl (C=O) groups is 1. The first-order chi connectivity index (χ1) is 14.7. The Hall–Kier alpha value is -4.46. The lowest BCUT2D eigenvalue weighted by Crippen LogP contribution is -2.31. The zero-order chi connectivity index (χ0) is 22.7. The summed E-state index contributed by atoms with van der Waals surface area (Å²) in [6, 6.07) is 8.10. The Morgan fingerprint density at radius 1 is 1.26 bits per heavy atom. The van der Waals surface area contributed by atoms with Crippen molar-refractivity contribution in [1.82, 2.24) is 15.1 Å². The number of hydrogen-bond donors (Lipinski definition) is 1. The molecule has 11 heteroatoms. The number of para-hydroxylation sites is 1. The van der Waals surface area contributed by atoms with Gasteiger partial charge in [0.15, 0.2) is 0 Å². The number of nitrogens with one attached hydrogen (secondary N) is 1. The van der Waals surface area contributed by atoms with Crippen LogP contribution in [0.1, 0.15) is 29.0 Å². The van der Waals surface area contributed by atoms with Gasteiger partial charge in [-0.15, -0.1) is 0 Å². The highest BCUT2D eigenvalue weighted by Crippen LogP contribution is 2.31. The van der Waals surface area contributed by atoms with Crippen molar-refractivity contribution in [2.75, 3.05) is 0 Å². The topological polar surface area (TPSA) is 111 Å². The van der Waals surface area contributed by atoms with Crippen molar-refractivity contribution in [2.45, 2.75) is 13.0 Å². The van der Waals surface area contributed by atoms with E-state index in [1.165, 1.54) is 25.1 Å². The van der Waals surface area contributed by atoms with Crippen molar-refractivity contribution in [3.05, 3.63) is 103 Å². The number of benzene rings is 2. The van der Waals surface area contributed by atoms with E-state index in [1.807, 2.05) is 0 Å². The van der Waals surface area contributed by atoms with E-state index in [4.69, 9.17) is 6.57 Å². The molecule has 156 valence electrons. The van der Waals surface area contributed by atoms with Gasteiger partial charge < -0.3 is 5.32 Å². The Kier molecular flexibility index (Phi) is 5.83. The summed E-state index contributed by atoms with van der Waals surface area (Å²) in [6.07, 6.45) is 0. The normalized spacial score (nSPS) is 11.4. The fraction of sp³-hybridized carbons (Fsp3) is 0.100. The SMILES string of the molecule is [C-]#[N+]c1cc([N+](=O)[O-])cc([C@@H](C)NC(=O)c2ccc(=O)n(-c3ccccc3F)n2)c1F. The molecule has 0 saturated heterocycles. The summed E-state index contributed by atoms with van der Waals surface area (Å²) >= 11 is 0. The van der Waals surface area contributed by atoms with Gasteiger partial charge in [-0.05, 0) is 25.1 Å². The van der Waals surface area contributed by atoms with E-state index < -0.39 is 45.4 Å².